The second kappa shape index (κ2) is 11.5. The molecule has 3 aromatic rings. The first-order chi connectivity index (χ1) is 18.9. The summed E-state index contributed by atoms with van der Waals surface area (Å²) in [6.07, 6.45) is 1.87. The molecule has 5 rings (SSSR count). The van der Waals surface area contributed by atoms with Gasteiger partial charge in [-0.25, -0.2) is 13.6 Å². The maximum atomic E-state index is 14.0. The van der Waals surface area contributed by atoms with Gasteiger partial charge in [0.25, 0.3) is 11.8 Å². The van der Waals surface area contributed by atoms with Crippen LogP contribution in [0, 0.1) is 11.6 Å². The molecule has 0 atom stereocenters. The highest BCUT2D eigenvalue weighted by Crippen LogP contribution is 2.29. The number of piperazine rings is 1. The zero-order valence-corrected chi connectivity index (χ0v) is 21.3. The molecular formula is C29H29F2N5O3. The minimum Gasteiger partial charge on any atom is -0.367 e. The fraction of sp³-hybridized carbons (Fsp3) is 0.276. The molecule has 10 heteroatoms. The average Bonchev–Trinajstić information content (AvgIpc) is 3.49. The summed E-state index contributed by atoms with van der Waals surface area (Å²) in [5.41, 5.74) is 1.90. The summed E-state index contributed by atoms with van der Waals surface area (Å²) in [5, 5.41) is 5.38. The van der Waals surface area contributed by atoms with Gasteiger partial charge in [0.2, 0.25) is 0 Å². The third-order valence-electron chi connectivity index (χ3n) is 6.99. The van der Waals surface area contributed by atoms with Crippen LogP contribution in [-0.4, -0.2) is 66.9 Å². The number of urea groups is 1. The first kappa shape index (κ1) is 26.1. The number of nitrogens with zero attached hydrogens (tertiary/aromatic N) is 3. The zero-order valence-electron chi connectivity index (χ0n) is 21.3. The van der Waals surface area contributed by atoms with Crippen molar-refractivity contribution in [3.8, 4) is 0 Å². The number of hydrogen-bond acceptors (Lipinski definition) is 4. The van der Waals surface area contributed by atoms with Crippen LogP contribution < -0.4 is 15.5 Å². The summed E-state index contributed by atoms with van der Waals surface area (Å²) >= 11 is 0. The summed E-state index contributed by atoms with van der Waals surface area (Å²) in [6.45, 7) is 3.05. The van der Waals surface area contributed by atoms with Crippen LogP contribution in [0.5, 0.6) is 0 Å². The number of carbonyl (C=O) groups is 3. The number of amides is 4. The fourth-order valence-corrected chi connectivity index (χ4v) is 4.89. The Balaban J connectivity index is 1.32. The van der Waals surface area contributed by atoms with E-state index in [4.69, 9.17) is 0 Å². The van der Waals surface area contributed by atoms with Gasteiger partial charge in [0.05, 0.1) is 11.3 Å². The summed E-state index contributed by atoms with van der Waals surface area (Å²) in [4.78, 5) is 44.3. The number of para-hydroxylation sites is 1. The molecule has 0 aliphatic carbocycles. The number of hydrogen-bond donors (Lipinski definition) is 2. The van der Waals surface area contributed by atoms with Gasteiger partial charge in [-0.05, 0) is 61.4 Å². The molecule has 8 nitrogen and oxygen atoms in total. The second-order valence-electron chi connectivity index (χ2n) is 9.58. The highest BCUT2D eigenvalue weighted by atomic mass is 19.1. The second-order valence-corrected chi connectivity index (χ2v) is 9.58. The summed E-state index contributed by atoms with van der Waals surface area (Å²) in [7, 11) is 0. The largest absolute Gasteiger partial charge is 0.367 e. The molecule has 2 fully saturated rings. The Bertz CT molecular complexity index is 1380. The Morgan fingerprint density at radius 1 is 0.718 bits per heavy atom. The Morgan fingerprint density at radius 2 is 1.46 bits per heavy atom. The third kappa shape index (κ3) is 6.00. The molecule has 0 radical (unpaired) electrons. The SMILES string of the molecule is O=C(Nc1ccc(N2CCN(C(=O)Nc3ccccc3F)CC2)c(C(=O)N2CCCC2)c1)c1cccc(F)c1. The van der Waals surface area contributed by atoms with Crippen molar-refractivity contribution < 1.29 is 23.2 Å². The van der Waals surface area contributed by atoms with Crippen LogP contribution in [-0.2, 0) is 0 Å². The molecule has 39 heavy (non-hydrogen) atoms. The fourth-order valence-electron chi connectivity index (χ4n) is 4.89. The summed E-state index contributed by atoms with van der Waals surface area (Å²) in [6, 6.07) is 16.2. The standard InChI is InChI=1S/C29H29F2N5O3/c30-21-7-5-6-20(18-21)27(37)32-22-10-11-26(23(19-22)28(38)35-12-3-4-13-35)34-14-16-36(17-15-34)29(39)33-25-9-2-1-8-24(25)31/h1-2,5-11,18-19H,3-4,12-17H2,(H,32,37)(H,33,39). The maximum Gasteiger partial charge on any atom is 0.322 e. The van der Waals surface area contributed by atoms with Crippen molar-refractivity contribution in [1.82, 2.24) is 9.80 Å². The minimum atomic E-state index is -0.510. The molecule has 0 saturated carbocycles. The molecule has 2 aliphatic heterocycles. The van der Waals surface area contributed by atoms with E-state index in [1.807, 2.05) is 4.90 Å². The predicted octanol–water partition coefficient (Wildman–Crippen LogP) is 4.81. The van der Waals surface area contributed by atoms with Crippen molar-refractivity contribution in [2.75, 3.05) is 54.8 Å². The lowest BCUT2D eigenvalue weighted by molar-refractivity contribution is 0.0792. The number of nitrogens with one attached hydrogen (secondary N) is 2. The molecule has 2 aliphatic rings. The van der Waals surface area contributed by atoms with Crippen LogP contribution in [0.3, 0.4) is 0 Å². The molecule has 202 valence electrons. The predicted molar refractivity (Wildman–Crippen MR) is 145 cm³/mol. The quantitative estimate of drug-likeness (QED) is 0.493. The van der Waals surface area contributed by atoms with Gasteiger partial charge in [-0.15, -0.1) is 0 Å². The van der Waals surface area contributed by atoms with Gasteiger partial charge in [0.1, 0.15) is 11.6 Å². The Morgan fingerprint density at radius 3 is 2.18 bits per heavy atom. The Hall–Kier alpha value is -4.47. The molecule has 0 spiro atoms. The number of likely N-dealkylation sites (tertiary alicyclic amines) is 1. The molecule has 2 heterocycles. The smallest absolute Gasteiger partial charge is 0.322 e. The van der Waals surface area contributed by atoms with Crippen molar-refractivity contribution in [2.24, 2.45) is 0 Å². The van der Waals surface area contributed by atoms with Gasteiger partial charge < -0.3 is 25.3 Å². The van der Waals surface area contributed by atoms with Crippen LogP contribution in [0.25, 0.3) is 0 Å². The van der Waals surface area contributed by atoms with E-state index in [-0.39, 0.29) is 23.2 Å². The lowest BCUT2D eigenvalue weighted by atomic mass is 10.1. The molecule has 2 saturated heterocycles. The van der Waals surface area contributed by atoms with Gasteiger partial charge in [0.15, 0.2) is 0 Å². The molecule has 4 amide bonds. The van der Waals surface area contributed by atoms with Gasteiger partial charge in [0, 0.05) is 56.2 Å². The topological polar surface area (TPSA) is 85.0 Å². The first-order valence-electron chi connectivity index (χ1n) is 12.9. The highest BCUT2D eigenvalue weighted by molar-refractivity contribution is 6.06. The van der Waals surface area contributed by atoms with Crippen molar-refractivity contribution in [1.29, 1.82) is 0 Å². The molecule has 2 N–H and O–H groups in total. The van der Waals surface area contributed by atoms with E-state index in [0.29, 0.717) is 56.2 Å². The van der Waals surface area contributed by atoms with E-state index in [0.717, 1.165) is 18.9 Å². The maximum absolute atomic E-state index is 14.0. The van der Waals surface area contributed by atoms with Gasteiger partial charge in [-0.2, -0.15) is 0 Å². The van der Waals surface area contributed by atoms with E-state index < -0.39 is 17.5 Å². The van der Waals surface area contributed by atoms with E-state index in [2.05, 4.69) is 10.6 Å². The lowest BCUT2D eigenvalue weighted by Crippen LogP contribution is -2.50. The van der Waals surface area contributed by atoms with Gasteiger partial charge >= 0.3 is 6.03 Å². The minimum absolute atomic E-state index is 0.121. The van der Waals surface area contributed by atoms with Crippen molar-refractivity contribution in [3.63, 3.8) is 0 Å². The number of halogens is 2. The van der Waals surface area contributed by atoms with Gasteiger partial charge in [-0.3, -0.25) is 9.59 Å². The molecule has 0 bridgehead atoms. The normalized spacial score (nSPS) is 15.3. The number of benzene rings is 3. The van der Waals surface area contributed by atoms with Crippen molar-refractivity contribution in [3.05, 3.63) is 89.5 Å². The molecule has 0 aromatic heterocycles. The molecule has 3 aromatic carbocycles. The number of rotatable bonds is 5. The average molecular weight is 534 g/mol. The van der Waals surface area contributed by atoms with Crippen molar-refractivity contribution >= 4 is 34.9 Å². The monoisotopic (exact) mass is 533 g/mol. The van der Waals surface area contributed by atoms with Crippen LogP contribution in [0.1, 0.15) is 33.6 Å². The molecular weight excluding hydrogens is 504 g/mol. The van der Waals surface area contributed by atoms with Crippen LogP contribution in [0.4, 0.5) is 30.6 Å². The Labute approximate surface area is 225 Å². The van der Waals surface area contributed by atoms with E-state index >= 15 is 0 Å². The number of anilines is 3. The Kier molecular flexibility index (Phi) is 7.72. The summed E-state index contributed by atoms with van der Waals surface area (Å²) in [5.74, 6) is -1.61. The molecule has 0 unspecified atom stereocenters. The van der Waals surface area contributed by atoms with Crippen LogP contribution in [0.2, 0.25) is 0 Å². The van der Waals surface area contributed by atoms with Crippen molar-refractivity contribution in [2.45, 2.75) is 12.8 Å². The van der Waals surface area contributed by atoms with E-state index in [1.54, 1.807) is 40.1 Å². The summed E-state index contributed by atoms with van der Waals surface area (Å²) < 4.78 is 27.5. The van der Waals surface area contributed by atoms with Gasteiger partial charge in [-0.1, -0.05) is 18.2 Å². The third-order valence-corrected chi connectivity index (χ3v) is 6.99. The van der Waals surface area contributed by atoms with Crippen LogP contribution in [0.15, 0.2) is 66.7 Å². The lowest BCUT2D eigenvalue weighted by Gasteiger charge is -2.37. The first-order valence-corrected chi connectivity index (χ1v) is 12.9. The number of carbonyl (C=O) groups excluding carboxylic acids is 3. The van der Waals surface area contributed by atoms with E-state index in [9.17, 15) is 23.2 Å². The van der Waals surface area contributed by atoms with Crippen LogP contribution >= 0.6 is 0 Å². The van der Waals surface area contributed by atoms with E-state index in [1.165, 1.54) is 30.3 Å². The zero-order chi connectivity index (χ0) is 27.4. The highest BCUT2D eigenvalue weighted by Gasteiger charge is 2.28.